The van der Waals surface area contributed by atoms with Crippen LogP contribution in [0.15, 0.2) is 58.0 Å². The second-order valence-electron chi connectivity index (χ2n) is 6.45. The highest BCUT2D eigenvalue weighted by atomic mass is 35.5. The number of halogens is 1. The lowest BCUT2D eigenvalue weighted by molar-refractivity contribution is 0.504. The van der Waals surface area contributed by atoms with Crippen molar-refractivity contribution < 1.29 is 21.3 Å². The summed E-state index contributed by atoms with van der Waals surface area (Å²) >= 11 is 5.82. The molecular weight excluding hydrogens is 426 g/mol. The third kappa shape index (κ3) is 3.80. The van der Waals surface area contributed by atoms with Crippen LogP contribution in [0.5, 0.6) is 0 Å². The number of furan rings is 1. The Kier molecular flexibility index (Phi) is 4.72. The summed E-state index contributed by atoms with van der Waals surface area (Å²) in [5, 5.41) is 4.82. The monoisotopic (exact) mass is 441 g/mol. The molecule has 0 aliphatic carbocycles. The molecule has 0 saturated carbocycles. The number of anilines is 1. The minimum absolute atomic E-state index is 0.0308. The second kappa shape index (κ2) is 6.94. The summed E-state index contributed by atoms with van der Waals surface area (Å²) in [4.78, 5) is 0.0308. The quantitative estimate of drug-likeness (QED) is 0.651. The molecule has 3 aromatic rings. The Morgan fingerprint density at radius 3 is 2.57 bits per heavy atom. The van der Waals surface area contributed by atoms with Crippen LogP contribution in [0.1, 0.15) is 12.5 Å². The molecule has 0 spiro atoms. The molecule has 11 heteroatoms. The van der Waals surface area contributed by atoms with Gasteiger partial charge in [0.05, 0.1) is 28.7 Å². The van der Waals surface area contributed by atoms with Gasteiger partial charge in [0.15, 0.2) is 15.6 Å². The van der Waals surface area contributed by atoms with Crippen LogP contribution in [0.2, 0.25) is 5.02 Å². The maximum Gasteiger partial charge on any atom is 0.263 e. The number of aromatic nitrogens is 2. The molecule has 3 heterocycles. The number of sulfonamides is 1. The van der Waals surface area contributed by atoms with E-state index in [4.69, 9.17) is 16.0 Å². The van der Waals surface area contributed by atoms with Crippen LogP contribution in [0.25, 0.3) is 11.5 Å². The number of rotatable bonds is 5. The van der Waals surface area contributed by atoms with Gasteiger partial charge in [-0.3, -0.25) is 4.72 Å². The van der Waals surface area contributed by atoms with Crippen molar-refractivity contribution in [3.8, 4) is 11.5 Å². The molecule has 1 aliphatic heterocycles. The van der Waals surface area contributed by atoms with Gasteiger partial charge in [-0.2, -0.15) is 5.10 Å². The van der Waals surface area contributed by atoms with E-state index in [9.17, 15) is 16.8 Å². The summed E-state index contributed by atoms with van der Waals surface area (Å²) in [6.07, 6.45) is 1.84. The van der Waals surface area contributed by atoms with Crippen molar-refractivity contribution in [1.29, 1.82) is 0 Å². The van der Waals surface area contributed by atoms with Crippen molar-refractivity contribution in [2.45, 2.75) is 17.4 Å². The van der Waals surface area contributed by atoms with Crippen LogP contribution in [-0.4, -0.2) is 38.1 Å². The number of sulfone groups is 1. The fourth-order valence-corrected chi connectivity index (χ4v) is 5.93. The average Bonchev–Trinajstić information content (AvgIpc) is 3.34. The number of nitrogens with one attached hydrogen (secondary N) is 1. The van der Waals surface area contributed by atoms with Crippen molar-refractivity contribution in [2.75, 3.05) is 16.2 Å². The lowest BCUT2D eigenvalue weighted by atomic mass is 10.3. The molecule has 4 rings (SSSR count). The van der Waals surface area contributed by atoms with E-state index in [1.54, 1.807) is 12.1 Å². The molecule has 1 fully saturated rings. The second-order valence-corrected chi connectivity index (χ2v) is 10.8. The van der Waals surface area contributed by atoms with Crippen molar-refractivity contribution >= 4 is 37.3 Å². The largest absolute Gasteiger partial charge is 0.463 e. The molecule has 2 aromatic heterocycles. The predicted octanol–water partition coefficient (Wildman–Crippen LogP) is 2.96. The van der Waals surface area contributed by atoms with Gasteiger partial charge in [0.25, 0.3) is 10.0 Å². The third-order valence-corrected chi connectivity index (χ3v) is 7.80. The number of benzene rings is 1. The molecule has 0 bridgehead atoms. The molecule has 1 atom stereocenters. The van der Waals surface area contributed by atoms with Gasteiger partial charge in [-0.25, -0.2) is 21.5 Å². The molecular formula is C17H16ClN3O5S2. The zero-order valence-corrected chi connectivity index (χ0v) is 16.8. The number of hydrogen-bond acceptors (Lipinski definition) is 6. The Hall–Kier alpha value is -2.30. The van der Waals surface area contributed by atoms with Crippen LogP contribution in [-0.2, 0) is 19.9 Å². The average molecular weight is 442 g/mol. The normalized spacial score (nSPS) is 19.0. The Bertz CT molecular complexity index is 1200. The predicted molar refractivity (Wildman–Crippen MR) is 104 cm³/mol. The Balaban J connectivity index is 1.73. The zero-order valence-electron chi connectivity index (χ0n) is 14.4. The van der Waals surface area contributed by atoms with Crippen molar-refractivity contribution in [3.05, 3.63) is 53.8 Å². The van der Waals surface area contributed by atoms with Gasteiger partial charge < -0.3 is 4.42 Å². The summed E-state index contributed by atoms with van der Waals surface area (Å²) in [7, 11) is -7.10. The lowest BCUT2D eigenvalue weighted by Gasteiger charge is -2.14. The van der Waals surface area contributed by atoms with Crippen molar-refractivity contribution in [3.63, 3.8) is 0 Å². The van der Waals surface area contributed by atoms with E-state index < -0.39 is 25.9 Å². The van der Waals surface area contributed by atoms with E-state index in [-0.39, 0.29) is 22.2 Å². The summed E-state index contributed by atoms with van der Waals surface area (Å²) < 4.78 is 58.6. The van der Waals surface area contributed by atoms with Gasteiger partial charge >= 0.3 is 0 Å². The Morgan fingerprint density at radius 2 is 1.96 bits per heavy atom. The SMILES string of the molecule is O=S1(=O)CC[C@@H](n2nc(-c3ccco3)cc2NS(=O)(=O)c2ccc(Cl)cc2)C1. The molecule has 1 saturated heterocycles. The van der Waals surface area contributed by atoms with Gasteiger partial charge in [-0.05, 0) is 42.8 Å². The maximum atomic E-state index is 12.8. The molecule has 28 heavy (non-hydrogen) atoms. The molecule has 0 amide bonds. The first kappa shape index (κ1) is 19.0. The lowest BCUT2D eigenvalue weighted by Crippen LogP contribution is -2.19. The first-order chi connectivity index (χ1) is 13.2. The number of nitrogens with zero attached hydrogens (tertiary/aromatic N) is 2. The van der Waals surface area contributed by atoms with Crippen molar-refractivity contribution in [1.82, 2.24) is 9.78 Å². The minimum atomic E-state index is -3.92. The highest BCUT2D eigenvalue weighted by Crippen LogP contribution is 2.31. The smallest absolute Gasteiger partial charge is 0.263 e. The molecule has 148 valence electrons. The fraction of sp³-hybridized carbons (Fsp3) is 0.235. The van der Waals surface area contributed by atoms with Crippen LogP contribution in [0.3, 0.4) is 0 Å². The summed E-state index contributed by atoms with van der Waals surface area (Å²) in [6.45, 7) is 0. The van der Waals surface area contributed by atoms with E-state index in [0.29, 0.717) is 22.9 Å². The van der Waals surface area contributed by atoms with E-state index in [1.807, 2.05) is 0 Å². The van der Waals surface area contributed by atoms with E-state index in [0.717, 1.165) is 0 Å². The van der Waals surface area contributed by atoms with Gasteiger partial charge in [0.2, 0.25) is 0 Å². The molecule has 1 aliphatic rings. The number of hydrogen-bond donors (Lipinski definition) is 1. The first-order valence-corrected chi connectivity index (χ1v) is 12.0. The van der Waals surface area contributed by atoms with E-state index in [2.05, 4.69) is 9.82 Å². The van der Waals surface area contributed by atoms with E-state index >= 15 is 0 Å². The summed E-state index contributed by atoms with van der Waals surface area (Å²) in [5.74, 6) is 0.564. The van der Waals surface area contributed by atoms with Gasteiger partial charge in [0, 0.05) is 11.1 Å². The van der Waals surface area contributed by atoms with Crippen LogP contribution in [0, 0.1) is 0 Å². The summed E-state index contributed by atoms with van der Waals surface area (Å²) in [5.41, 5.74) is 0.406. The van der Waals surface area contributed by atoms with Crippen LogP contribution in [0.4, 0.5) is 5.82 Å². The summed E-state index contributed by atoms with van der Waals surface area (Å²) in [6, 6.07) is 10.2. The van der Waals surface area contributed by atoms with Gasteiger partial charge in [0.1, 0.15) is 11.5 Å². The van der Waals surface area contributed by atoms with Crippen LogP contribution >= 0.6 is 11.6 Å². The van der Waals surface area contributed by atoms with Gasteiger partial charge in [-0.1, -0.05) is 11.6 Å². The molecule has 1 N–H and O–H groups in total. The van der Waals surface area contributed by atoms with Gasteiger partial charge in [-0.15, -0.1) is 0 Å². The zero-order chi connectivity index (χ0) is 19.9. The fourth-order valence-electron chi connectivity index (χ4n) is 3.07. The molecule has 8 nitrogen and oxygen atoms in total. The Morgan fingerprint density at radius 1 is 1.21 bits per heavy atom. The first-order valence-electron chi connectivity index (χ1n) is 8.36. The standard InChI is InChI=1S/C17H16ClN3O5S2/c18-12-3-5-14(6-4-12)28(24,25)20-17-10-15(16-2-1-8-26-16)19-21(17)13-7-9-27(22,23)11-13/h1-6,8,10,13,20H,7,9,11H2/t13-/m1/s1. The van der Waals surface area contributed by atoms with E-state index in [1.165, 1.54) is 41.3 Å². The maximum absolute atomic E-state index is 12.8. The van der Waals surface area contributed by atoms with Crippen LogP contribution < -0.4 is 4.72 Å². The highest BCUT2D eigenvalue weighted by Gasteiger charge is 2.32. The van der Waals surface area contributed by atoms with Crippen molar-refractivity contribution in [2.24, 2.45) is 0 Å². The topological polar surface area (TPSA) is 111 Å². The Labute approximate surface area is 167 Å². The minimum Gasteiger partial charge on any atom is -0.463 e. The molecule has 0 radical (unpaired) electrons. The molecule has 1 aromatic carbocycles. The third-order valence-electron chi connectivity index (χ3n) is 4.43. The molecule has 0 unspecified atom stereocenters. The highest BCUT2D eigenvalue weighted by molar-refractivity contribution is 7.92.